The molecule has 3 fully saturated rings. The number of rotatable bonds is 1. The summed E-state index contributed by atoms with van der Waals surface area (Å²) in [5.74, 6) is 2.52. The molecule has 0 spiro atoms. The number of hydrogen-bond acceptors (Lipinski definition) is 2. The molecule has 1 amide bonds. The molecule has 0 radical (unpaired) electrons. The summed E-state index contributed by atoms with van der Waals surface area (Å²) in [5, 5.41) is 0. The van der Waals surface area contributed by atoms with Gasteiger partial charge in [-0.2, -0.15) is 0 Å². The van der Waals surface area contributed by atoms with Gasteiger partial charge in [0.25, 0.3) is 0 Å². The maximum absolute atomic E-state index is 11.7. The Labute approximate surface area is 84.4 Å². The largest absolute Gasteiger partial charge is 0.450 e. The topological polar surface area (TPSA) is 29.5 Å². The highest BCUT2D eigenvalue weighted by Gasteiger charge is 2.55. The molecule has 14 heavy (non-hydrogen) atoms. The summed E-state index contributed by atoms with van der Waals surface area (Å²) >= 11 is 0. The number of carbonyl (C=O) groups is 1. The summed E-state index contributed by atoms with van der Waals surface area (Å²) < 4.78 is 5.09. The Morgan fingerprint density at radius 3 is 2.93 bits per heavy atom. The maximum Gasteiger partial charge on any atom is 0.410 e. The third-order valence-electron chi connectivity index (χ3n) is 4.25. The fourth-order valence-electron chi connectivity index (χ4n) is 3.83. The van der Waals surface area contributed by atoms with Crippen LogP contribution in [0.5, 0.6) is 0 Å². The smallest absolute Gasteiger partial charge is 0.410 e. The van der Waals surface area contributed by atoms with E-state index in [1.54, 1.807) is 0 Å². The van der Waals surface area contributed by atoms with Crippen molar-refractivity contribution in [1.29, 1.82) is 0 Å². The van der Waals surface area contributed by atoms with Crippen LogP contribution in [-0.4, -0.2) is 30.2 Å². The van der Waals surface area contributed by atoms with E-state index in [4.69, 9.17) is 4.74 Å². The lowest BCUT2D eigenvalue weighted by molar-refractivity contribution is 0.101. The van der Waals surface area contributed by atoms with Gasteiger partial charge in [-0.25, -0.2) is 4.79 Å². The number of carbonyl (C=O) groups excluding carboxylic acids is 1. The minimum absolute atomic E-state index is 0.0763. The maximum atomic E-state index is 11.7. The quantitative estimate of drug-likeness (QED) is 0.639. The molecule has 2 saturated carbocycles. The molecule has 0 unspecified atom stereocenters. The minimum atomic E-state index is -0.0763. The van der Waals surface area contributed by atoms with Gasteiger partial charge in [0.1, 0.15) is 0 Å². The van der Waals surface area contributed by atoms with Gasteiger partial charge in [-0.15, -0.1) is 0 Å². The van der Waals surface area contributed by atoms with Crippen LogP contribution in [0.3, 0.4) is 0 Å². The lowest BCUT2D eigenvalue weighted by Crippen LogP contribution is -2.36. The van der Waals surface area contributed by atoms with Crippen LogP contribution in [0.1, 0.15) is 26.2 Å². The third kappa shape index (κ3) is 1.01. The van der Waals surface area contributed by atoms with Crippen LogP contribution in [0.25, 0.3) is 0 Å². The standard InChI is InChI=1S/C11H17NO2/c1-2-14-11(13)12-6-8-3-7-4-9(8)10(12)5-7/h7-10H,2-6H2,1H3/t7-,8+,9-,10+/m1/s1. The third-order valence-corrected chi connectivity index (χ3v) is 4.25. The van der Waals surface area contributed by atoms with Crippen molar-refractivity contribution in [3.05, 3.63) is 0 Å². The summed E-state index contributed by atoms with van der Waals surface area (Å²) in [6.07, 6.45) is 3.88. The lowest BCUT2D eigenvalue weighted by Gasteiger charge is -2.23. The highest BCUT2D eigenvalue weighted by molar-refractivity contribution is 5.68. The van der Waals surface area contributed by atoms with Gasteiger partial charge in [-0.1, -0.05) is 0 Å². The van der Waals surface area contributed by atoms with Crippen molar-refractivity contribution in [3.63, 3.8) is 0 Å². The first-order valence-electron chi connectivity index (χ1n) is 5.73. The second kappa shape index (κ2) is 2.88. The number of nitrogens with zero attached hydrogens (tertiary/aromatic N) is 1. The van der Waals surface area contributed by atoms with Crippen LogP contribution in [-0.2, 0) is 4.74 Å². The summed E-state index contributed by atoms with van der Waals surface area (Å²) in [5.41, 5.74) is 0. The van der Waals surface area contributed by atoms with E-state index in [9.17, 15) is 4.79 Å². The second-order valence-electron chi connectivity index (χ2n) is 4.92. The van der Waals surface area contributed by atoms with Crippen LogP contribution in [0.4, 0.5) is 4.79 Å². The molecule has 2 aliphatic carbocycles. The SMILES string of the molecule is CCOC(=O)N1C[C@@H]2C[C@@H]3C[C@H]2[C@@H]1C3. The molecule has 0 aromatic rings. The van der Waals surface area contributed by atoms with E-state index in [1.165, 1.54) is 19.3 Å². The zero-order valence-corrected chi connectivity index (χ0v) is 8.61. The first-order valence-corrected chi connectivity index (χ1v) is 5.73. The normalized spacial score (nSPS) is 43.4. The van der Waals surface area contributed by atoms with E-state index in [1.807, 2.05) is 11.8 Å². The Bertz CT molecular complexity index is 264. The molecule has 3 nitrogen and oxygen atoms in total. The summed E-state index contributed by atoms with van der Waals surface area (Å²) in [6.45, 7) is 3.34. The minimum Gasteiger partial charge on any atom is -0.450 e. The van der Waals surface area contributed by atoms with Crippen LogP contribution in [0, 0.1) is 17.8 Å². The summed E-state index contributed by atoms with van der Waals surface area (Å²) in [6, 6.07) is 0.526. The average molecular weight is 195 g/mol. The summed E-state index contributed by atoms with van der Waals surface area (Å²) in [4.78, 5) is 13.6. The van der Waals surface area contributed by atoms with Gasteiger partial charge < -0.3 is 9.64 Å². The Hall–Kier alpha value is -0.730. The Balaban J connectivity index is 1.75. The molecule has 0 aromatic carbocycles. The van der Waals surface area contributed by atoms with Crippen LogP contribution in [0.15, 0.2) is 0 Å². The molecular weight excluding hydrogens is 178 g/mol. The monoisotopic (exact) mass is 195 g/mol. The Morgan fingerprint density at radius 1 is 1.43 bits per heavy atom. The molecule has 3 heteroatoms. The van der Waals surface area contributed by atoms with E-state index >= 15 is 0 Å². The first kappa shape index (κ1) is 8.57. The van der Waals surface area contributed by atoms with E-state index < -0.39 is 0 Å². The number of fused-ring (bicyclic) bond motifs is 1. The van der Waals surface area contributed by atoms with Crippen LogP contribution < -0.4 is 0 Å². The molecule has 78 valence electrons. The van der Waals surface area contributed by atoms with Crippen molar-refractivity contribution in [1.82, 2.24) is 4.90 Å². The zero-order chi connectivity index (χ0) is 9.71. The average Bonchev–Trinajstić information content (AvgIpc) is 2.73. The van der Waals surface area contributed by atoms with Gasteiger partial charge in [0, 0.05) is 12.6 Å². The predicted octanol–water partition coefficient (Wildman–Crippen LogP) is 1.87. The van der Waals surface area contributed by atoms with E-state index in [0.29, 0.717) is 12.6 Å². The van der Waals surface area contributed by atoms with E-state index in [0.717, 1.165) is 24.3 Å². The number of likely N-dealkylation sites (tertiary alicyclic amines) is 1. The number of ether oxygens (including phenoxy) is 1. The molecule has 0 N–H and O–H groups in total. The van der Waals surface area contributed by atoms with Crippen molar-refractivity contribution >= 4 is 6.09 Å². The van der Waals surface area contributed by atoms with Crippen molar-refractivity contribution in [2.75, 3.05) is 13.2 Å². The molecule has 1 saturated heterocycles. The highest BCUT2D eigenvalue weighted by atomic mass is 16.6. The van der Waals surface area contributed by atoms with Gasteiger partial charge in [0.05, 0.1) is 6.61 Å². The van der Waals surface area contributed by atoms with Gasteiger partial charge in [-0.3, -0.25) is 0 Å². The fourth-order valence-corrected chi connectivity index (χ4v) is 3.83. The lowest BCUT2D eigenvalue weighted by atomic mass is 9.90. The molecule has 1 aliphatic heterocycles. The fraction of sp³-hybridized carbons (Fsp3) is 0.909. The second-order valence-corrected chi connectivity index (χ2v) is 4.92. The van der Waals surface area contributed by atoms with Gasteiger partial charge in [-0.05, 0) is 43.9 Å². The molecular formula is C11H17NO2. The van der Waals surface area contributed by atoms with Gasteiger partial charge in [0.15, 0.2) is 0 Å². The Morgan fingerprint density at radius 2 is 2.29 bits per heavy atom. The van der Waals surface area contributed by atoms with Crippen molar-refractivity contribution in [3.8, 4) is 0 Å². The zero-order valence-electron chi connectivity index (χ0n) is 8.61. The summed E-state index contributed by atoms with van der Waals surface area (Å²) in [7, 11) is 0. The number of amides is 1. The van der Waals surface area contributed by atoms with E-state index in [2.05, 4.69) is 0 Å². The molecule has 1 heterocycles. The molecule has 4 atom stereocenters. The Kier molecular flexibility index (Phi) is 1.76. The molecule has 0 aromatic heterocycles. The van der Waals surface area contributed by atoms with Crippen molar-refractivity contribution < 1.29 is 9.53 Å². The molecule has 3 aliphatic rings. The molecule has 2 bridgehead atoms. The highest BCUT2D eigenvalue weighted by Crippen LogP contribution is 2.54. The number of hydrogen-bond donors (Lipinski definition) is 0. The van der Waals surface area contributed by atoms with Gasteiger partial charge in [0.2, 0.25) is 0 Å². The predicted molar refractivity (Wildman–Crippen MR) is 51.8 cm³/mol. The van der Waals surface area contributed by atoms with Crippen LogP contribution >= 0.6 is 0 Å². The molecule has 3 rings (SSSR count). The van der Waals surface area contributed by atoms with Crippen molar-refractivity contribution in [2.45, 2.75) is 32.2 Å². The first-order chi connectivity index (χ1) is 6.79. The van der Waals surface area contributed by atoms with E-state index in [-0.39, 0.29) is 6.09 Å². The van der Waals surface area contributed by atoms with Crippen LogP contribution in [0.2, 0.25) is 0 Å². The van der Waals surface area contributed by atoms with Crippen molar-refractivity contribution in [2.24, 2.45) is 17.8 Å². The van der Waals surface area contributed by atoms with Gasteiger partial charge >= 0.3 is 6.09 Å².